The predicted octanol–water partition coefficient (Wildman–Crippen LogP) is 3.79. The first-order chi connectivity index (χ1) is 18.4. The molecule has 1 aliphatic rings. The van der Waals surface area contributed by atoms with Crippen molar-refractivity contribution in [1.82, 2.24) is 0 Å². The van der Waals surface area contributed by atoms with Crippen LogP contribution in [0.2, 0.25) is 0 Å². The third-order valence-corrected chi connectivity index (χ3v) is 10.1. The van der Waals surface area contributed by atoms with Crippen molar-refractivity contribution >= 4 is 41.8 Å². The number of benzene rings is 3. The fourth-order valence-corrected chi connectivity index (χ4v) is 7.27. The molecule has 0 saturated carbocycles. The van der Waals surface area contributed by atoms with E-state index < -0.39 is 51.5 Å². The molecule has 1 heterocycles. The summed E-state index contributed by atoms with van der Waals surface area (Å²) in [5, 5.41) is 20.5. The molecule has 4 rings (SSSR count). The van der Waals surface area contributed by atoms with Gasteiger partial charge in [-0.3, -0.25) is 8.49 Å². The summed E-state index contributed by atoms with van der Waals surface area (Å²) in [7, 11) is -8.18. The molecule has 1 aliphatic heterocycles. The van der Waals surface area contributed by atoms with Crippen LogP contribution in [0.3, 0.4) is 0 Å². The Morgan fingerprint density at radius 3 is 2.28 bits per heavy atom. The summed E-state index contributed by atoms with van der Waals surface area (Å²) in [5.41, 5.74) is 0.551. The number of aliphatic hydroxyl groups is 2. The van der Waals surface area contributed by atoms with Crippen LogP contribution in [0.25, 0.3) is 0 Å². The van der Waals surface area contributed by atoms with Crippen LogP contribution < -0.4 is 9.04 Å². The molecule has 0 unspecified atom stereocenters. The van der Waals surface area contributed by atoms with Gasteiger partial charge in [0.25, 0.3) is 20.1 Å². The number of aliphatic hydroxyl groups excluding tert-OH is 2. The number of anilines is 1. The smallest absolute Gasteiger partial charge is 0.296 e. The van der Waals surface area contributed by atoms with Gasteiger partial charge >= 0.3 is 0 Å². The van der Waals surface area contributed by atoms with Gasteiger partial charge in [0.1, 0.15) is 11.9 Å². The number of fused-ring (bicyclic) bond motifs is 1. The second kappa shape index (κ2) is 11.6. The van der Waals surface area contributed by atoms with Gasteiger partial charge in [0.2, 0.25) is 0 Å². The highest BCUT2D eigenvalue weighted by molar-refractivity contribution is 9.10. The molecule has 1 atom stereocenters. The van der Waals surface area contributed by atoms with E-state index in [2.05, 4.69) is 15.9 Å². The Hall–Kier alpha value is -2.48. The summed E-state index contributed by atoms with van der Waals surface area (Å²) in [6, 6.07) is 17.6. The summed E-state index contributed by atoms with van der Waals surface area (Å²) < 4.78 is 66.3. The first-order valence-electron chi connectivity index (χ1n) is 12.1. The lowest BCUT2D eigenvalue weighted by Crippen LogP contribution is -2.48. The van der Waals surface area contributed by atoms with E-state index in [1.54, 1.807) is 55.5 Å². The molecule has 39 heavy (non-hydrogen) atoms. The lowest BCUT2D eigenvalue weighted by Gasteiger charge is -2.39. The van der Waals surface area contributed by atoms with Gasteiger partial charge in [-0.1, -0.05) is 45.8 Å². The van der Waals surface area contributed by atoms with Crippen molar-refractivity contribution in [3.05, 3.63) is 82.3 Å². The fraction of sp³-hybridized carbons (Fsp3) is 0.333. The van der Waals surface area contributed by atoms with Crippen LogP contribution in [0.15, 0.2) is 81.0 Å². The van der Waals surface area contributed by atoms with E-state index in [0.717, 1.165) is 11.1 Å². The van der Waals surface area contributed by atoms with Crippen LogP contribution in [0.4, 0.5) is 5.69 Å². The maximum absolute atomic E-state index is 13.8. The minimum atomic E-state index is -4.17. The Balaban J connectivity index is 1.62. The molecule has 0 aliphatic carbocycles. The number of halogens is 1. The van der Waals surface area contributed by atoms with E-state index in [-0.39, 0.29) is 22.8 Å². The summed E-state index contributed by atoms with van der Waals surface area (Å²) >= 11 is 3.38. The maximum atomic E-state index is 13.8. The molecule has 0 aromatic heterocycles. The van der Waals surface area contributed by atoms with Crippen molar-refractivity contribution in [1.29, 1.82) is 0 Å². The molecule has 0 spiro atoms. The zero-order valence-corrected chi connectivity index (χ0v) is 24.7. The number of rotatable bonds is 10. The van der Waals surface area contributed by atoms with Gasteiger partial charge in [-0.05, 0) is 68.3 Å². The van der Waals surface area contributed by atoms with Gasteiger partial charge in [-0.2, -0.15) is 8.42 Å². The molecule has 9 nitrogen and oxygen atoms in total. The quantitative estimate of drug-likeness (QED) is 0.321. The van der Waals surface area contributed by atoms with Crippen LogP contribution in [-0.2, 0) is 24.3 Å². The first-order valence-corrected chi connectivity index (χ1v) is 15.8. The second-order valence-electron chi connectivity index (χ2n) is 9.75. The van der Waals surface area contributed by atoms with Crippen molar-refractivity contribution in [2.45, 2.75) is 36.2 Å². The normalized spacial score (nSPS) is 16.0. The molecular formula is C27H30BrNO8S2. The van der Waals surface area contributed by atoms with Crippen LogP contribution in [-0.4, -0.2) is 59.5 Å². The standard InChI is InChI=1S/C27H30BrNO8S2/c1-19-6-9-23(10-7-19)39(34,35)36-18-27(16-30,17-31)14-22-15-29(25-13-21(28)8-11-26(25)37-22)38(32,33)24-5-3-4-20(2)12-24/h3-13,22,30-31H,14-18H2,1-2H3/t22-/m0/s1. The van der Waals surface area contributed by atoms with E-state index in [1.165, 1.54) is 22.5 Å². The summed E-state index contributed by atoms with van der Waals surface area (Å²) in [6.45, 7) is 1.71. The van der Waals surface area contributed by atoms with Crippen LogP contribution in [0.1, 0.15) is 17.5 Å². The van der Waals surface area contributed by atoms with Gasteiger partial charge in [0.15, 0.2) is 0 Å². The molecule has 2 N–H and O–H groups in total. The highest BCUT2D eigenvalue weighted by Gasteiger charge is 2.41. The Morgan fingerprint density at radius 2 is 1.64 bits per heavy atom. The molecule has 0 saturated heterocycles. The SMILES string of the molecule is Cc1ccc(S(=O)(=O)OCC(CO)(CO)C[C@H]2CN(S(=O)(=O)c3cccc(C)c3)c3cc(Br)ccc3O2)cc1. The minimum Gasteiger partial charge on any atom is -0.486 e. The number of aryl methyl sites for hydroxylation is 2. The highest BCUT2D eigenvalue weighted by Crippen LogP contribution is 2.41. The summed E-state index contributed by atoms with van der Waals surface area (Å²) in [4.78, 5) is 0.0545. The van der Waals surface area contributed by atoms with E-state index in [9.17, 15) is 27.0 Å². The Bertz CT molecular complexity index is 1540. The van der Waals surface area contributed by atoms with E-state index in [1.807, 2.05) is 6.92 Å². The molecule has 3 aromatic rings. The lowest BCUT2D eigenvalue weighted by molar-refractivity contribution is -0.0159. The first kappa shape index (κ1) is 29.5. The van der Waals surface area contributed by atoms with Crippen molar-refractivity contribution < 1.29 is 36.0 Å². The largest absolute Gasteiger partial charge is 0.486 e. The van der Waals surface area contributed by atoms with Gasteiger partial charge in [-0.15, -0.1) is 0 Å². The lowest BCUT2D eigenvalue weighted by atomic mass is 9.84. The number of sulfonamides is 1. The highest BCUT2D eigenvalue weighted by atomic mass is 79.9. The zero-order valence-electron chi connectivity index (χ0n) is 21.4. The molecule has 0 radical (unpaired) electrons. The Kier molecular flexibility index (Phi) is 8.74. The van der Waals surface area contributed by atoms with E-state index in [0.29, 0.717) is 15.9 Å². The van der Waals surface area contributed by atoms with Crippen molar-refractivity contribution in [2.24, 2.45) is 5.41 Å². The van der Waals surface area contributed by atoms with Crippen LogP contribution >= 0.6 is 15.9 Å². The molecule has 0 bridgehead atoms. The second-order valence-corrected chi connectivity index (χ2v) is 14.1. The number of nitrogens with zero attached hydrogens (tertiary/aromatic N) is 1. The van der Waals surface area contributed by atoms with Crippen LogP contribution in [0, 0.1) is 19.3 Å². The average molecular weight is 641 g/mol. The minimum absolute atomic E-state index is 0.0540. The molecule has 210 valence electrons. The third-order valence-electron chi connectivity index (χ3n) is 6.59. The Labute approximate surface area is 237 Å². The Morgan fingerprint density at radius 1 is 0.949 bits per heavy atom. The average Bonchev–Trinajstić information content (AvgIpc) is 2.91. The predicted molar refractivity (Wildman–Crippen MR) is 150 cm³/mol. The van der Waals surface area contributed by atoms with Crippen molar-refractivity contribution in [2.75, 3.05) is 30.7 Å². The molecule has 0 amide bonds. The van der Waals surface area contributed by atoms with Gasteiger partial charge in [-0.25, -0.2) is 8.42 Å². The fourth-order valence-electron chi connectivity index (χ4n) is 4.31. The van der Waals surface area contributed by atoms with Gasteiger partial charge in [0, 0.05) is 9.89 Å². The van der Waals surface area contributed by atoms with Crippen LogP contribution in [0.5, 0.6) is 5.75 Å². The van der Waals surface area contributed by atoms with Crippen molar-refractivity contribution in [3.8, 4) is 5.75 Å². The number of hydrogen-bond donors (Lipinski definition) is 2. The molecule has 3 aromatic carbocycles. The van der Waals surface area contributed by atoms with Gasteiger partial charge < -0.3 is 14.9 Å². The maximum Gasteiger partial charge on any atom is 0.296 e. The van der Waals surface area contributed by atoms with E-state index in [4.69, 9.17) is 8.92 Å². The number of ether oxygens (including phenoxy) is 1. The molecular weight excluding hydrogens is 610 g/mol. The van der Waals surface area contributed by atoms with Crippen molar-refractivity contribution in [3.63, 3.8) is 0 Å². The summed E-state index contributed by atoms with van der Waals surface area (Å²) in [6.07, 6.45) is -0.915. The third kappa shape index (κ3) is 6.47. The van der Waals surface area contributed by atoms with E-state index >= 15 is 0 Å². The summed E-state index contributed by atoms with van der Waals surface area (Å²) in [5.74, 6) is 0.295. The zero-order chi connectivity index (χ0) is 28.4. The molecule has 0 fully saturated rings. The topological polar surface area (TPSA) is 130 Å². The monoisotopic (exact) mass is 639 g/mol. The van der Waals surface area contributed by atoms with Gasteiger partial charge in [0.05, 0.1) is 41.8 Å². The molecule has 12 heteroatoms. The number of hydrogen-bond acceptors (Lipinski definition) is 8.